The molecular weight excluding hydrogens is 358 g/mol. The summed E-state index contributed by atoms with van der Waals surface area (Å²) in [5, 5.41) is 8.96. The minimum Gasteiger partial charge on any atom is -0.495 e. The SMILES string of the molecule is COc1ccc(CC(=O)O)cc1S(=O)(=O)N1CCC(n2ccnc2)CC1. The van der Waals surface area contributed by atoms with Crippen molar-refractivity contribution in [3.63, 3.8) is 0 Å². The molecule has 0 atom stereocenters. The van der Waals surface area contributed by atoms with Gasteiger partial charge in [0.05, 0.1) is 19.9 Å². The summed E-state index contributed by atoms with van der Waals surface area (Å²) >= 11 is 0. The van der Waals surface area contributed by atoms with E-state index in [1.807, 2.05) is 10.8 Å². The van der Waals surface area contributed by atoms with Gasteiger partial charge in [0.2, 0.25) is 10.0 Å². The lowest BCUT2D eigenvalue weighted by Crippen LogP contribution is -2.39. The zero-order valence-electron chi connectivity index (χ0n) is 14.4. The molecule has 0 saturated carbocycles. The fraction of sp³-hybridized carbons (Fsp3) is 0.412. The molecule has 1 aliphatic rings. The van der Waals surface area contributed by atoms with Gasteiger partial charge in [-0.25, -0.2) is 13.4 Å². The molecule has 1 aliphatic heterocycles. The first kappa shape index (κ1) is 18.4. The van der Waals surface area contributed by atoms with E-state index < -0.39 is 16.0 Å². The number of hydrogen-bond acceptors (Lipinski definition) is 5. The number of aliphatic carboxylic acids is 1. The molecule has 1 saturated heterocycles. The zero-order valence-corrected chi connectivity index (χ0v) is 15.2. The number of nitrogens with zero attached hydrogens (tertiary/aromatic N) is 3. The number of benzene rings is 1. The molecule has 0 radical (unpaired) electrons. The first-order valence-electron chi connectivity index (χ1n) is 8.28. The second kappa shape index (κ2) is 7.46. The Morgan fingerprint density at radius 1 is 1.35 bits per heavy atom. The van der Waals surface area contributed by atoms with Crippen molar-refractivity contribution < 1.29 is 23.1 Å². The molecule has 0 aliphatic carbocycles. The van der Waals surface area contributed by atoms with Crippen molar-refractivity contribution in [2.24, 2.45) is 0 Å². The van der Waals surface area contributed by atoms with Gasteiger partial charge in [-0.2, -0.15) is 4.31 Å². The van der Waals surface area contributed by atoms with Crippen LogP contribution in [0, 0.1) is 0 Å². The number of aromatic nitrogens is 2. The van der Waals surface area contributed by atoms with Crippen LogP contribution >= 0.6 is 0 Å². The van der Waals surface area contributed by atoms with Crippen LogP contribution in [0.4, 0.5) is 0 Å². The molecular formula is C17H21N3O5S. The van der Waals surface area contributed by atoms with Crippen molar-refractivity contribution in [3.05, 3.63) is 42.5 Å². The van der Waals surface area contributed by atoms with Gasteiger partial charge in [0, 0.05) is 31.5 Å². The van der Waals surface area contributed by atoms with E-state index in [-0.39, 0.29) is 23.1 Å². The first-order chi connectivity index (χ1) is 12.4. The lowest BCUT2D eigenvalue weighted by atomic mass is 10.1. The van der Waals surface area contributed by atoms with Gasteiger partial charge in [0.15, 0.2) is 0 Å². The van der Waals surface area contributed by atoms with Crippen molar-refractivity contribution >= 4 is 16.0 Å². The van der Waals surface area contributed by atoms with E-state index in [0.717, 1.165) is 0 Å². The normalized spacial score (nSPS) is 16.5. The highest BCUT2D eigenvalue weighted by Gasteiger charge is 2.32. The van der Waals surface area contributed by atoms with Gasteiger partial charge >= 0.3 is 5.97 Å². The third-order valence-electron chi connectivity index (χ3n) is 4.57. The highest BCUT2D eigenvalue weighted by Crippen LogP contribution is 2.31. The maximum Gasteiger partial charge on any atom is 0.307 e. The molecule has 1 fully saturated rings. The molecule has 0 unspecified atom stereocenters. The predicted molar refractivity (Wildman–Crippen MR) is 93.6 cm³/mol. The molecule has 0 amide bonds. The van der Waals surface area contributed by atoms with E-state index in [4.69, 9.17) is 9.84 Å². The number of imidazole rings is 1. The van der Waals surface area contributed by atoms with Gasteiger partial charge < -0.3 is 14.4 Å². The van der Waals surface area contributed by atoms with E-state index in [9.17, 15) is 13.2 Å². The van der Waals surface area contributed by atoms with Crippen LogP contribution in [0.15, 0.2) is 41.8 Å². The van der Waals surface area contributed by atoms with Gasteiger partial charge in [-0.15, -0.1) is 0 Å². The number of ether oxygens (including phenoxy) is 1. The Morgan fingerprint density at radius 2 is 2.08 bits per heavy atom. The summed E-state index contributed by atoms with van der Waals surface area (Å²) in [5.41, 5.74) is 0.421. The van der Waals surface area contributed by atoms with Crippen molar-refractivity contribution in [1.29, 1.82) is 0 Å². The van der Waals surface area contributed by atoms with Gasteiger partial charge in [0.1, 0.15) is 10.6 Å². The van der Waals surface area contributed by atoms with E-state index >= 15 is 0 Å². The van der Waals surface area contributed by atoms with Crippen LogP contribution < -0.4 is 4.74 Å². The minimum absolute atomic E-state index is 0.0137. The summed E-state index contributed by atoms with van der Waals surface area (Å²) < 4.78 is 34.8. The maximum absolute atomic E-state index is 13.1. The molecule has 3 rings (SSSR count). The van der Waals surface area contributed by atoms with Crippen LogP contribution in [-0.4, -0.2) is 53.5 Å². The minimum atomic E-state index is -3.76. The maximum atomic E-state index is 13.1. The molecule has 1 aromatic heterocycles. The average Bonchev–Trinajstić information content (AvgIpc) is 3.16. The zero-order chi connectivity index (χ0) is 18.7. The van der Waals surface area contributed by atoms with Crippen LogP contribution in [0.1, 0.15) is 24.4 Å². The van der Waals surface area contributed by atoms with Crippen LogP contribution in [0.5, 0.6) is 5.75 Å². The highest BCUT2D eigenvalue weighted by molar-refractivity contribution is 7.89. The number of hydrogen-bond donors (Lipinski definition) is 1. The largest absolute Gasteiger partial charge is 0.495 e. The molecule has 9 heteroatoms. The Balaban J connectivity index is 1.82. The third-order valence-corrected chi connectivity index (χ3v) is 6.49. The van der Waals surface area contributed by atoms with E-state index in [1.165, 1.54) is 23.5 Å². The van der Waals surface area contributed by atoms with E-state index in [1.54, 1.807) is 18.6 Å². The summed E-state index contributed by atoms with van der Waals surface area (Å²) in [6, 6.07) is 4.69. The quantitative estimate of drug-likeness (QED) is 0.817. The highest BCUT2D eigenvalue weighted by atomic mass is 32.2. The first-order valence-corrected chi connectivity index (χ1v) is 9.72. The molecule has 0 bridgehead atoms. The van der Waals surface area contributed by atoms with E-state index in [0.29, 0.717) is 31.5 Å². The summed E-state index contributed by atoms with van der Waals surface area (Å²) in [7, 11) is -2.37. The van der Waals surface area contributed by atoms with Crippen molar-refractivity contribution in [3.8, 4) is 5.75 Å². The summed E-state index contributed by atoms with van der Waals surface area (Å²) in [4.78, 5) is 15.0. The van der Waals surface area contributed by atoms with Crippen LogP contribution in [-0.2, 0) is 21.2 Å². The fourth-order valence-electron chi connectivity index (χ4n) is 3.21. The lowest BCUT2D eigenvalue weighted by molar-refractivity contribution is -0.136. The topological polar surface area (TPSA) is 102 Å². The Labute approximate surface area is 152 Å². The lowest BCUT2D eigenvalue weighted by Gasteiger charge is -2.32. The molecule has 26 heavy (non-hydrogen) atoms. The summed E-state index contributed by atoms with van der Waals surface area (Å²) in [6.07, 6.45) is 6.47. The molecule has 140 valence electrons. The Bertz CT molecular complexity index is 872. The summed E-state index contributed by atoms with van der Waals surface area (Å²) in [5.74, 6) is -0.796. The molecule has 1 aromatic carbocycles. The Kier molecular flexibility index (Phi) is 5.28. The standard InChI is InChI=1S/C17H21N3O5S/c1-25-15-3-2-13(11-17(21)22)10-16(15)26(23,24)20-7-4-14(5-8-20)19-9-6-18-12-19/h2-3,6,9-10,12,14H,4-5,7-8,11H2,1H3,(H,21,22). The number of carboxylic acids is 1. The average molecular weight is 379 g/mol. The van der Waals surface area contributed by atoms with E-state index in [2.05, 4.69) is 4.98 Å². The number of carboxylic acid groups (broad SMARTS) is 1. The third kappa shape index (κ3) is 3.73. The second-order valence-corrected chi connectivity index (χ2v) is 8.11. The number of methoxy groups -OCH3 is 1. The molecule has 2 heterocycles. The monoisotopic (exact) mass is 379 g/mol. The molecule has 8 nitrogen and oxygen atoms in total. The van der Waals surface area contributed by atoms with Gasteiger partial charge in [-0.1, -0.05) is 6.07 Å². The molecule has 1 N–H and O–H groups in total. The van der Waals surface area contributed by atoms with Crippen LogP contribution in [0.25, 0.3) is 0 Å². The van der Waals surface area contributed by atoms with Crippen molar-refractivity contribution in [2.75, 3.05) is 20.2 Å². The molecule has 2 aromatic rings. The predicted octanol–water partition coefficient (Wildman–Crippen LogP) is 1.54. The number of piperidine rings is 1. The Morgan fingerprint density at radius 3 is 2.65 bits per heavy atom. The summed E-state index contributed by atoms with van der Waals surface area (Å²) in [6.45, 7) is 0.773. The van der Waals surface area contributed by atoms with Crippen molar-refractivity contribution in [1.82, 2.24) is 13.9 Å². The fourth-order valence-corrected chi connectivity index (χ4v) is 4.89. The van der Waals surface area contributed by atoms with Crippen molar-refractivity contribution in [2.45, 2.75) is 30.2 Å². The van der Waals surface area contributed by atoms with Gasteiger partial charge in [0.25, 0.3) is 0 Å². The van der Waals surface area contributed by atoms with Crippen LogP contribution in [0.3, 0.4) is 0 Å². The number of rotatable bonds is 6. The van der Waals surface area contributed by atoms with Gasteiger partial charge in [-0.05, 0) is 30.5 Å². The van der Waals surface area contributed by atoms with Crippen LogP contribution in [0.2, 0.25) is 0 Å². The number of carbonyl (C=O) groups is 1. The van der Waals surface area contributed by atoms with Gasteiger partial charge in [-0.3, -0.25) is 4.79 Å². The molecule has 0 spiro atoms. The Hall–Kier alpha value is -2.39. The second-order valence-electron chi connectivity index (χ2n) is 6.20. The number of sulfonamides is 1. The smallest absolute Gasteiger partial charge is 0.307 e.